The summed E-state index contributed by atoms with van der Waals surface area (Å²) in [5, 5.41) is 12.2. The number of amides is 1. The minimum atomic E-state index is -0.403. The topological polar surface area (TPSA) is 92.2 Å². The summed E-state index contributed by atoms with van der Waals surface area (Å²) in [6, 6.07) is 26.1. The number of aryl methyl sites for hydroxylation is 2. The van der Waals surface area contributed by atoms with E-state index in [4.69, 9.17) is 10.4 Å². The van der Waals surface area contributed by atoms with Crippen molar-refractivity contribution < 1.29 is 4.79 Å². The molecule has 0 aliphatic carbocycles. The standard InChI is InChI=1S/C28H25N5O2/c1-19(21-12-6-3-7-13-21)30-27(34)22-18-23-26(31-24-14-8-9-16-32(24)28(23)35)33(25(22)29)17-15-20-10-4-2-5-11-20/h2-14,16,18-19,29H,15,17H2,1H3,(H,30,34). The van der Waals surface area contributed by atoms with Crippen LogP contribution in [0.1, 0.15) is 34.5 Å². The van der Waals surface area contributed by atoms with E-state index in [1.165, 1.54) is 10.5 Å². The molecule has 0 bridgehead atoms. The molecular weight excluding hydrogens is 438 g/mol. The van der Waals surface area contributed by atoms with Crippen molar-refractivity contribution in [1.82, 2.24) is 19.3 Å². The zero-order chi connectivity index (χ0) is 24.4. The second kappa shape index (κ2) is 9.38. The fourth-order valence-corrected chi connectivity index (χ4v) is 4.26. The van der Waals surface area contributed by atoms with Crippen LogP contribution < -0.4 is 16.4 Å². The Morgan fingerprint density at radius 2 is 1.69 bits per heavy atom. The molecule has 0 spiro atoms. The molecule has 174 valence electrons. The third-order valence-electron chi connectivity index (χ3n) is 6.18. The molecule has 35 heavy (non-hydrogen) atoms. The lowest BCUT2D eigenvalue weighted by molar-refractivity contribution is 0.0937. The van der Waals surface area contributed by atoms with Crippen molar-refractivity contribution in [3.8, 4) is 0 Å². The van der Waals surface area contributed by atoms with Gasteiger partial charge in [-0.05, 0) is 42.7 Å². The van der Waals surface area contributed by atoms with Crippen LogP contribution in [0.5, 0.6) is 0 Å². The van der Waals surface area contributed by atoms with Crippen molar-refractivity contribution in [3.05, 3.63) is 124 Å². The van der Waals surface area contributed by atoms with Crippen LogP contribution in [0.25, 0.3) is 16.7 Å². The van der Waals surface area contributed by atoms with E-state index in [-0.39, 0.29) is 22.7 Å². The number of carbonyl (C=O) groups excluding carboxylic acids is 1. The molecule has 0 aliphatic heterocycles. The van der Waals surface area contributed by atoms with Crippen LogP contribution in [0.2, 0.25) is 0 Å². The van der Waals surface area contributed by atoms with E-state index in [9.17, 15) is 9.59 Å². The first kappa shape index (κ1) is 22.3. The number of carbonyl (C=O) groups is 1. The average molecular weight is 464 g/mol. The number of hydrogen-bond donors (Lipinski definition) is 2. The Kier molecular flexibility index (Phi) is 5.97. The van der Waals surface area contributed by atoms with Crippen molar-refractivity contribution in [3.63, 3.8) is 0 Å². The minimum absolute atomic E-state index is 0.0263. The van der Waals surface area contributed by atoms with Gasteiger partial charge in [-0.25, -0.2) is 4.98 Å². The largest absolute Gasteiger partial charge is 0.345 e. The molecule has 1 unspecified atom stereocenters. The zero-order valence-electron chi connectivity index (χ0n) is 19.3. The van der Waals surface area contributed by atoms with Crippen molar-refractivity contribution in [2.45, 2.75) is 25.9 Å². The second-order valence-electron chi connectivity index (χ2n) is 8.48. The summed E-state index contributed by atoms with van der Waals surface area (Å²) in [5.74, 6) is -0.403. The molecule has 0 aliphatic rings. The fourth-order valence-electron chi connectivity index (χ4n) is 4.26. The lowest BCUT2D eigenvalue weighted by atomic mass is 10.1. The molecular formula is C28H25N5O2. The number of nitrogens with one attached hydrogen (secondary N) is 2. The molecule has 5 aromatic rings. The SMILES string of the molecule is CC(NC(=O)c1cc2c(=O)n3ccccc3nc2n(CCc2ccccc2)c1=N)c1ccccc1. The zero-order valence-corrected chi connectivity index (χ0v) is 19.3. The summed E-state index contributed by atoms with van der Waals surface area (Å²) in [5.41, 5.74) is 2.84. The highest BCUT2D eigenvalue weighted by Crippen LogP contribution is 2.14. The molecule has 3 heterocycles. The Bertz CT molecular complexity index is 1640. The van der Waals surface area contributed by atoms with Crippen molar-refractivity contribution in [2.75, 3.05) is 0 Å². The number of aromatic nitrogens is 3. The first-order valence-corrected chi connectivity index (χ1v) is 11.5. The average Bonchev–Trinajstić information content (AvgIpc) is 2.89. The summed E-state index contributed by atoms with van der Waals surface area (Å²) in [6.45, 7) is 2.30. The van der Waals surface area contributed by atoms with Crippen LogP contribution in [0.4, 0.5) is 0 Å². The van der Waals surface area contributed by atoms with Gasteiger partial charge in [0.2, 0.25) is 0 Å². The molecule has 0 saturated carbocycles. The Hall–Kier alpha value is -4.52. The predicted molar refractivity (Wildman–Crippen MR) is 135 cm³/mol. The van der Waals surface area contributed by atoms with E-state index >= 15 is 0 Å². The number of nitrogens with zero attached hydrogens (tertiary/aromatic N) is 3. The van der Waals surface area contributed by atoms with Crippen LogP contribution in [0, 0.1) is 5.41 Å². The third kappa shape index (κ3) is 4.36. The monoisotopic (exact) mass is 463 g/mol. The van der Waals surface area contributed by atoms with Gasteiger partial charge < -0.3 is 9.88 Å². The highest BCUT2D eigenvalue weighted by atomic mass is 16.2. The molecule has 0 fully saturated rings. The first-order chi connectivity index (χ1) is 17.0. The maximum atomic E-state index is 13.4. The van der Waals surface area contributed by atoms with Crippen molar-refractivity contribution >= 4 is 22.6 Å². The molecule has 2 N–H and O–H groups in total. The lowest BCUT2D eigenvalue weighted by Crippen LogP contribution is -2.36. The van der Waals surface area contributed by atoms with Gasteiger partial charge in [0.05, 0.1) is 17.0 Å². The molecule has 0 saturated heterocycles. The molecule has 5 rings (SSSR count). The van der Waals surface area contributed by atoms with Crippen LogP contribution in [-0.2, 0) is 13.0 Å². The smallest absolute Gasteiger partial charge is 0.267 e. The van der Waals surface area contributed by atoms with Crippen molar-refractivity contribution in [1.29, 1.82) is 5.41 Å². The van der Waals surface area contributed by atoms with Crippen molar-refractivity contribution in [2.24, 2.45) is 0 Å². The van der Waals surface area contributed by atoms with Crippen LogP contribution in [0.3, 0.4) is 0 Å². The predicted octanol–water partition coefficient (Wildman–Crippen LogP) is 3.86. The van der Waals surface area contributed by atoms with Gasteiger partial charge in [0.1, 0.15) is 16.8 Å². The molecule has 2 aromatic carbocycles. The number of pyridine rings is 2. The van der Waals surface area contributed by atoms with Gasteiger partial charge in [-0.2, -0.15) is 0 Å². The summed E-state index contributed by atoms with van der Waals surface area (Å²) < 4.78 is 3.13. The molecule has 1 amide bonds. The van der Waals surface area contributed by atoms with Gasteiger partial charge in [-0.15, -0.1) is 0 Å². The number of benzene rings is 2. The highest BCUT2D eigenvalue weighted by molar-refractivity contribution is 5.97. The quantitative estimate of drug-likeness (QED) is 0.375. The summed E-state index contributed by atoms with van der Waals surface area (Å²) in [7, 11) is 0. The Morgan fingerprint density at radius 3 is 2.43 bits per heavy atom. The van der Waals surface area contributed by atoms with Gasteiger partial charge in [-0.1, -0.05) is 66.7 Å². The molecule has 0 radical (unpaired) electrons. The normalized spacial score (nSPS) is 12.0. The number of hydrogen-bond acceptors (Lipinski definition) is 4. The van der Waals surface area contributed by atoms with Crippen LogP contribution in [-0.4, -0.2) is 19.9 Å². The summed E-state index contributed by atoms with van der Waals surface area (Å²) >= 11 is 0. The Morgan fingerprint density at radius 1 is 1.00 bits per heavy atom. The van der Waals surface area contributed by atoms with Gasteiger partial charge in [0.15, 0.2) is 0 Å². The van der Waals surface area contributed by atoms with Gasteiger partial charge in [-0.3, -0.25) is 19.4 Å². The Balaban J connectivity index is 1.63. The van der Waals surface area contributed by atoms with E-state index in [0.717, 1.165) is 11.1 Å². The number of fused-ring (bicyclic) bond motifs is 2. The second-order valence-corrected chi connectivity index (χ2v) is 8.48. The van der Waals surface area contributed by atoms with Crippen LogP contribution >= 0.6 is 0 Å². The number of rotatable bonds is 6. The molecule has 7 heteroatoms. The fraction of sp³-hybridized carbons (Fsp3) is 0.143. The highest BCUT2D eigenvalue weighted by Gasteiger charge is 2.19. The summed E-state index contributed by atoms with van der Waals surface area (Å²) in [6.07, 6.45) is 2.29. The van der Waals surface area contributed by atoms with Gasteiger partial charge in [0.25, 0.3) is 11.5 Å². The van der Waals surface area contributed by atoms with E-state index in [2.05, 4.69) is 5.32 Å². The summed E-state index contributed by atoms with van der Waals surface area (Å²) in [4.78, 5) is 31.4. The maximum Gasteiger partial charge on any atom is 0.267 e. The molecule has 3 aromatic heterocycles. The van der Waals surface area contributed by atoms with E-state index in [1.807, 2.05) is 73.7 Å². The third-order valence-corrected chi connectivity index (χ3v) is 6.18. The van der Waals surface area contributed by atoms with E-state index in [0.29, 0.717) is 29.6 Å². The first-order valence-electron chi connectivity index (χ1n) is 11.5. The van der Waals surface area contributed by atoms with E-state index in [1.54, 1.807) is 22.9 Å². The minimum Gasteiger partial charge on any atom is -0.345 e. The van der Waals surface area contributed by atoms with Gasteiger partial charge >= 0.3 is 0 Å². The molecule has 7 nitrogen and oxygen atoms in total. The lowest BCUT2D eigenvalue weighted by Gasteiger charge is -2.17. The van der Waals surface area contributed by atoms with E-state index < -0.39 is 5.91 Å². The maximum absolute atomic E-state index is 13.4. The molecule has 1 atom stereocenters. The van der Waals surface area contributed by atoms with Gasteiger partial charge in [0, 0.05) is 12.7 Å². The Labute approximate surface area is 201 Å². The van der Waals surface area contributed by atoms with Crippen LogP contribution in [0.15, 0.2) is 95.9 Å².